The number of phenols is 2. The van der Waals surface area contributed by atoms with Crippen molar-refractivity contribution < 1.29 is 20.1 Å². The molecule has 0 aromatic heterocycles. The van der Waals surface area contributed by atoms with Gasteiger partial charge in [0.05, 0.1) is 5.56 Å². The van der Waals surface area contributed by atoms with Crippen LogP contribution in [-0.4, -0.2) is 21.3 Å². The van der Waals surface area contributed by atoms with Crippen LogP contribution in [0.3, 0.4) is 0 Å². The van der Waals surface area contributed by atoms with Crippen LogP contribution in [0.25, 0.3) is 0 Å². The van der Waals surface area contributed by atoms with Gasteiger partial charge in [0.2, 0.25) is 0 Å². The minimum Gasteiger partial charge on any atom is -0.508 e. The third-order valence-electron chi connectivity index (χ3n) is 2.54. The Morgan fingerprint density at radius 1 is 0.895 bits per heavy atom. The Balaban J connectivity index is 0.000000191. The number of hydrogen-bond donors (Lipinski definition) is 3. The van der Waals surface area contributed by atoms with E-state index in [0.717, 1.165) is 0 Å². The average molecular weight is 260 g/mol. The molecule has 0 aliphatic rings. The van der Waals surface area contributed by atoms with Crippen molar-refractivity contribution in [3.8, 4) is 11.5 Å². The molecule has 19 heavy (non-hydrogen) atoms. The molecule has 0 aliphatic carbocycles. The third-order valence-corrected chi connectivity index (χ3v) is 2.54. The normalized spacial score (nSPS) is 9.37. The van der Waals surface area contributed by atoms with Crippen molar-refractivity contribution in [3.05, 3.63) is 59.2 Å². The summed E-state index contributed by atoms with van der Waals surface area (Å²) in [6.45, 7) is 3.49. The average Bonchev–Trinajstić information content (AvgIpc) is 2.38. The van der Waals surface area contributed by atoms with Crippen molar-refractivity contribution in [3.63, 3.8) is 0 Å². The zero-order valence-electron chi connectivity index (χ0n) is 10.8. The number of carbonyl (C=O) groups is 1. The lowest BCUT2D eigenvalue weighted by molar-refractivity contribution is 0.0697. The monoisotopic (exact) mass is 260 g/mol. The molecule has 0 radical (unpaired) electrons. The van der Waals surface area contributed by atoms with E-state index in [0.29, 0.717) is 16.7 Å². The number of rotatable bonds is 1. The number of hydrogen-bond acceptors (Lipinski definition) is 3. The first-order chi connectivity index (χ1) is 8.91. The minimum absolute atomic E-state index is 0.232. The Morgan fingerprint density at radius 2 is 1.32 bits per heavy atom. The molecule has 0 fully saturated rings. The van der Waals surface area contributed by atoms with Gasteiger partial charge in [-0.25, -0.2) is 4.79 Å². The molecule has 0 amide bonds. The van der Waals surface area contributed by atoms with Crippen molar-refractivity contribution in [2.24, 2.45) is 0 Å². The molecule has 0 spiro atoms. The first-order valence-electron chi connectivity index (χ1n) is 5.69. The van der Waals surface area contributed by atoms with E-state index in [9.17, 15) is 4.79 Å². The second-order valence-electron chi connectivity index (χ2n) is 4.10. The highest BCUT2D eigenvalue weighted by Crippen LogP contribution is 2.25. The summed E-state index contributed by atoms with van der Waals surface area (Å²) in [4.78, 5) is 10.2. The molecule has 0 saturated carbocycles. The molecule has 4 nitrogen and oxygen atoms in total. The maximum atomic E-state index is 10.2. The predicted octanol–water partition coefficient (Wildman–Crippen LogP) is 3.10. The summed E-state index contributed by atoms with van der Waals surface area (Å²) in [5, 5.41) is 26.6. The first kappa shape index (κ1) is 14.6. The second kappa shape index (κ2) is 6.44. The molecule has 0 saturated heterocycles. The van der Waals surface area contributed by atoms with E-state index >= 15 is 0 Å². The fourth-order valence-electron chi connectivity index (χ4n) is 1.37. The number of aromatic hydroxyl groups is 2. The summed E-state index contributed by atoms with van der Waals surface area (Å²) >= 11 is 0. The van der Waals surface area contributed by atoms with E-state index < -0.39 is 5.97 Å². The summed E-state index contributed by atoms with van der Waals surface area (Å²) in [6.07, 6.45) is 0. The van der Waals surface area contributed by atoms with Crippen LogP contribution < -0.4 is 0 Å². The zero-order chi connectivity index (χ0) is 14.4. The lowest BCUT2D eigenvalue weighted by atomic mass is 10.1. The van der Waals surface area contributed by atoms with E-state index in [1.807, 2.05) is 0 Å². The molecule has 100 valence electrons. The van der Waals surface area contributed by atoms with Gasteiger partial charge in [0, 0.05) is 0 Å². The van der Waals surface area contributed by atoms with Crippen LogP contribution >= 0.6 is 0 Å². The highest BCUT2D eigenvalue weighted by atomic mass is 16.4. The van der Waals surface area contributed by atoms with Crippen LogP contribution in [0, 0.1) is 13.8 Å². The smallest absolute Gasteiger partial charge is 0.335 e. The van der Waals surface area contributed by atoms with Crippen molar-refractivity contribution in [1.29, 1.82) is 0 Å². The first-order valence-corrected chi connectivity index (χ1v) is 5.69. The van der Waals surface area contributed by atoms with Gasteiger partial charge in [0.15, 0.2) is 0 Å². The Hall–Kier alpha value is -2.49. The van der Waals surface area contributed by atoms with E-state index in [1.54, 1.807) is 56.3 Å². The Morgan fingerprint density at radius 3 is 1.63 bits per heavy atom. The van der Waals surface area contributed by atoms with E-state index in [-0.39, 0.29) is 11.5 Å². The van der Waals surface area contributed by atoms with Crippen LogP contribution in [-0.2, 0) is 0 Å². The Labute approximate surface area is 111 Å². The summed E-state index contributed by atoms with van der Waals surface area (Å²) in [6, 6.07) is 11.4. The molecule has 0 bridgehead atoms. The van der Waals surface area contributed by atoms with Gasteiger partial charge in [-0.1, -0.05) is 18.2 Å². The molecule has 2 aromatic carbocycles. The lowest BCUT2D eigenvalue weighted by Gasteiger charge is -2.01. The van der Waals surface area contributed by atoms with Crippen LogP contribution in [0.2, 0.25) is 0 Å². The van der Waals surface area contributed by atoms with Gasteiger partial charge in [-0.2, -0.15) is 0 Å². The molecule has 2 rings (SSSR count). The second-order valence-corrected chi connectivity index (χ2v) is 4.10. The van der Waals surface area contributed by atoms with Gasteiger partial charge < -0.3 is 15.3 Å². The van der Waals surface area contributed by atoms with Gasteiger partial charge >= 0.3 is 5.97 Å². The molecule has 4 heteroatoms. The van der Waals surface area contributed by atoms with E-state index in [2.05, 4.69) is 0 Å². The zero-order valence-corrected chi connectivity index (χ0v) is 10.8. The molecule has 0 unspecified atom stereocenters. The Bertz CT molecular complexity index is 512. The molecule has 2 aromatic rings. The largest absolute Gasteiger partial charge is 0.508 e. The fourth-order valence-corrected chi connectivity index (χ4v) is 1.37. The number of aryl methyl sites for hydroxylation is 2. The van der Waals surface area contributed by atoms with Gasteiger partial charge in [0.1, 0.15) is 11.5 Å². The summed E-state index contributed by atoms with van der Waals surface area (Å²) in [5.41, 5.74) is 1.73. The number of benzene rings is 2. The standard InChI is InChI=1S/C8H10O2.C7H6O2/c1-5-3-8(10)6(2)4-7(5)9;8-7(9)6-4-2-1-3-5-6/h3-4,9-10H,1-2H3;1-5H,(H,8,9). The topological polar surface area (TPSA) is 77.8 Å². The SMILES string of the molecule is Cc1cc(O)c(C)cc1O.O=C(O)c1ccccc1. The van der Waals surface area contributed by atoms with Crippen molar-refractivity contribution in [2.75, 3.05) is 0 Å². The number of carboxylic acid groups (broad SMARTS) is 1. The molecule has 0 aliphatic heterocycles. The number of phenolic OH excluding ortho intramolecular Hbond substituents is 2. The maximum Gasteiger partial charge on any atom is 0.335 e. The Kier molecular flexibility index (Phi) is 4.94. The summed E-state index contributed by atoms with van der Waals surface area (Å²) in [5.74, 6) is -0.416. The highest BCUT2D eigenvalue weighted by Gasteiger charge is 1.99. The van der Waals surface area contributed by atoms with Crippen molar-refractivity contribution in [2.45, 2.75) is 13.8 Å². The molecule has 0 atom stereocenters. The number of aromatic carboxylic acids is 1. The highest BCUT2D eigenvalue weighted by molar-refractivity contribution is 5.87. The van der Waals surface area contributed by atoms with Gasteiger partial charge in [-0.15, -0.1) is 0 Å². The van der Waals surface area contributed by atoms with Crippen LogP contribution in [0.15, 0.2) is 42.5 Å². The minimum atomic E-state index is -0.879. The predicted molar refractivity (Wildman–Crippen MR) is 72.6 cm³/mol. The van der Waals surface area contributed by atoms with Crippen LogP contribution in [0.4, 0.5) is 0 Å². The van der Waals surface area contributed by atoms with E-state index in [4.69, 9.17) is 15.3 Å². The maximum absolute atomic E-state index is 10.2. The van der Waals surface area contributed by atoms with Gasteiger partial charge in [-0.3, -0.25) is 0 Å². The quantitative estimate of drug-likeness (QED) is 0.688. The van der Waals surface area contributed by atoms with Gasteiger partial charge in [0.25, 0.3) is 0 Å². The fraction of sp³-hybridized carbons (Fsp3) is 0.133. The molecular formula is C15H16O4. The van der Waals surface area contributed by atoms with Crippen molar-refractivity contribution >= 4 is 5.97 Å². The van der Waals surface area contributed by atoms with Crippen molar-refractivity contribution in [1.82, 2.24) is 0 Å². The number of carboxylic acids is 1. The molecular weight excluding hydrogens is 244 g/mol. The summed E-state index contributed by atoms with van der Waals surface area (Å²) in [7, 11) is 0. The summed E-state index contributed by atoms with van der Waals surface area (Å²) < 4.78 is 0. The lowest BCUT2D eigenvalue weighted by Crippen LogP contribution is -1.93. The van der Waals surface area contributed by atoms with Crippen LogP contribution in [0.1, 0.15) is 21.5 Å². The molecule has 0 heterocycles. The van der Waals surface area contributed by atoms with Crippen LogP contribution in [0.5, 0.6) is 11.5 Å². The van der Waals surface area contributed by atoms with Gasteiger partial charge in [-0.05, 0) is 49.2 Å². The molecule has 3 N–H and O–H groups in total. The van der Waals surface area contributed by atoms with E-state index in [1.165, 1.54) is 0 Å². The third kappa shape index (κ3) is 4.35.